The van der Waals surface area contributed by atoms with Crippen LogP contribution in [-0.2, 0) is 4.79 Å². The van der Waals surface area contributed by atoms with E-state index in [9.17, 15) is 4.79 Å². The van der Waals surface area contributed by atoms with E-state index in [-0.39, 0.29) is 5.78 Å². The van der Waals surface area contributed by atoms with Crippen molar-refractivity contribution in [3.63, 3.8) is 0 Å². The first kappa shape index (κ1) is 21.0. The van der Waals surface area contributed by atoms with Gasteiger partial charge in [0.25, 0.3) is 0 Å². The Morgan fingerprint density at radius 2 is 1.18 bits per heavy atom. The first-order valence-corrected chi connectivity index (χ1v) is 11.9. The van der Waals surface area contributed by atoms with Crippen molar-refractivity contribution in [3.05, 3.63) is 70.8 Å². The van der Waals surface area contributed by atoms with Gasteiger partial charge in [0.1, 0.15) is 0 Å². The summed E-state index contributed by atoms with van der Waals surface area (Å²) in [6.45, 7) is 5.77. The third kappa shape index (κ3) is 5.19. The van der Waals surface area contributed by atoms with E-state index in [1.54, 1.807) is 23.5 Å². The molecule has 3 rings (SSSR count). The van der Waals surface area contributed by atoms with E-state index >= 15 is 0 Å². The lowest BCUT2D eigenvalue weighted by molar-refractivity contribution is -0.113. The van der Waals surface area contributed by atoms with E-state index in [0.29, 0.717) is 19.1 Å². The first-order valence-electron chi connectivity index (χ1n) is 9.48. The van der Waals surface area contributed by atoms with Gasteiger partial charge in [-0.2, -0.15) is 0 Å². The number of carbonyl (C=O) groups is 1. The summed E-state index contributed by atoms with van der Waals surface area (Å²) >= 11 is 3.45. The molecule has 1 fully saturated rings. The van der Waals surface area contributed by atoms with Gasteiger partial charge in [0.2, 0.25) is 0 Å². The quantitative estimate of drug-likeness (QED) is 0.453. The second kappa shape index (κ2) is 9.64. The number of ketones is 1. The van der Waals surface area contributed by atoms with Crippen molar-refractivity contribution in [2.24, 2.45) is 0 Å². The molecule has 0 N–H and O–H groups in total. The number of hydrogen-bond acceptors (Lipinski definition) is 4. The third-order valence-corrected chi connectivity index (χ3v) is 6.46. The fourth-order valence-corrected chi connectivity index (χ4v) is 4.05. The van der Waals surface area contributed by atoms with Crippen LogP contribution in [-0.4, -0.2) is 42.3 Å². The summed E-state index contributed by atoms with van der Waals surface area (Å²) in [5.41, 5.74) is 3.89. The number of hydrogen-bond donors (Lipinski definition) is 0. The van der Waals surface area contributed by atoms with Crippen LogP contribution in [0.15, 0.2) is 69.5 Å². The monoisotopic (exact) mass is 409 g/mol. The van der Waals surface area contributed by atoms with Gasteiger partial charge >= 0.3 is 0 Å². The Bertz CT molecular complexity index is 810. The van der Waals surface area contributed by atoms with Crippen LogP contribution < -0.4 is 0 Å². The molecule has 1 aliphatic heterocycles. The van der Waals surface area contributed by atoms with Crippen LogP contribution in [0.2, 0.25) is 0 Å². The molecule has 0 aliphatic carbocycles. The SMILES string of the molecule is CSc1ccc(C=C2CN(C(C)C)CC(=Cc3ccc(SC)cc3)C2=O)cc1. The third-order valence-electron chi connectivity index (χ3n) is 4.97. The maximum Gasteiger partial charge on any atom is 0.187 e. The van der Waals surface area contributed by atoms with Crippen LogP contribution in [0, 0.1) is 0 Å². The molecule has 0 radical (unpaired) electrons. The van der Waals surface area contributed by atoms with E-state index < -0.39 is 0 Å². The molecule has 2 nitrogen and oxygen atoms in total. The standard InChI is InChI=1S/C24H27NOS2/c1-17(2)25-15-20(13-18-5-9-22(27-3)10-6-18)24(26)21(16-25)14-19-7-11-23(28-4)12-8-19/h5-14,17H,15-16H2,1-4H3. The first-order chi connectivity index (χ1) is 13.5. The van der Waals surface area contributed by atoms with Gasteiger partial charge < -0.3 is 0 Å². The van der Waals surface area contributed by atoms with Crippen LogP contribution >= 0.6 is 23.5 Å². The average Bonchev–Trinajstić information content (AvgIpc) is 2.71. The van der Waals surface area contributed by atoms with Gasteiger partial charge in [-0.25, -0.2) is 0 Å². The van der Waals surface area contributed by atoms with Crippen LogP contribution in [0.5, 0.6) is 0 Å². The summed E-state index contributed by atoms with van der Waals surface area (Å²) in [4.78, 5) is 18.0. The smallest absolute Gasteiger partial charge is 0.187 e. The van der Waals surface area contributed by atoms with E-state index in [4.69, 9.17) is 0 Å². The molecule has 0 spiro atoms. The lowest BCUT2D eigenvalue weighted by Gasteiger charge is -2.32. The molecule has 0 saturated carbocycles. The number of thioether (sulfide) groups is 2. The summed E-state index contributed by atoms with van der Waals surface area (Å²) in [5.74, 6) is 0.166. The number of likely N-dealkylation sites (tertiary alicyclic amines) is 1. The van der Waals surface area contributed by atoms with Crippen molar-refractivity contribution >= 4 is 41.5 Å². The predicted octanol–water partition coefficient (Wildman–Crippen LogP) is 5.89. The van der Waals surface area contributed by atoms with Crippen molar-refractivity contribution in [3.8, 4) is 0 Å². The lowest BCUT2D eigenvalue weighted by atomic mass is 9.93. The summed E-state index contributed by atoms with van der Waals surface area (Å²) in [6.07, 6.45) is 8.24. The largest absolute Gasteiger partial charge is 0.292 e. The average molecular weight is 410 g/mol. The van der Waals surface area contributed by atoms with Crippen molar-refractivity contribution in [1.82, 2.24) is 4.90 Å². The highest BCUT2D eigenvalue weighted by Gasteiger charge is 2.27. The molecule has 1 heterocycles. The Balaban J connectivity index is 1.92. The highest BCUT2D eigenvalue weighted by Crippen LogP contribution is 2.25. The molecule has 0 bridgehead atoms. The van der Waals surface area contributed by atoms with Crippen molar-refractivity contribution in [2.45, 2.75) is 29.7 Å². The number of Topliss-reactive ketones (excluding diaryl/α,β-unsaturated/α-hetero) is 1. The second-order valence-electron chi connectivity index (χ2n) is 7.21. The summed E-state index contributed by atoms with van der Waals surface area (Å²) in [5, 5.41) is 0. The number of rotatable bonds is 5. The molecule has 1 aliphatic rings. The highest BCUT2D eigenvalue weighted by atomic mass is 32.2. The Morgan fingerprint density at radius 3 is 1.50 bits per heavy atom. The van der Waals surface area contributed by atoms with E-state index in [1.807, 2.05) is 12.2 Å². The Hall–Kier alpha value is -1.75. The lowest BCUT2D eigenvalue weighted by Crippen LogP contribution is -2.41. The van der Waals surface area contributed by atoms with Gasteiger partial charge in [-0.3, -0.25) is 9.69 Å². The Kier molecular flexibility index (Phi) is 7.22. The van der Waals surface area contributed by atoms with Gasteiger partial charge in [-0.15, -0.1) is 23.5 Å². The van der Waals surface area contributed by atoms with Gasteiger partial charge in [0, 0.05) is 40.1 Å². The molecule has 0 atom stereocenters. The van der Waals surface area contributed by atoms with Crippen molar-refractivity contribution < 1.29 is 4.79 Å². The fraction of sp³-hybridized carbons (Fsp3) is 0.292. The minimum atomic E-state index is 0.166. The van der Waals surface area contributed by atoms with Crippen LogP contribution in [0.25, 0.3) is 12.2 Å². The maximum atomic E-state index is 13.2. The second-order valence-corrected chi connectivity index (χ2v) is 8.97. The Labute approximate surface area is 177 Å². The molecular weight excluding hydrogens is 382 g/mol. The van der Waals surface area contributed by atoms with Crippen molar-refractivity contribution in [2.75, 3.05) is 25.6 Å². The minimum Gasteiger partial charge on any atom is -0.292 e. The number of carbonyl (C=O) groups excluding carboxylic acids is 1. The van der Waals surface area contributed by atoms with Gasteiger partial charge in [0.15, 0.2) is 5.78 Å². The number of piperidine rings is 1. The molecule has 0 unspecified atom stereocenters. The number of nitrogens with zero attached hydrogens (tertiary/aromatic N) is 1. The molecule has 4 heteroatoms. The zero-order valence-electron chi connectivity index (χ0n) is 16.9. The summed E-state index contributed by atoms with van der Waals surface area (Å²) in [7, 11) is 0. The van der Waals surface area contributed by atoms with Crippen LogP contribution in [0.1, 0.15) is 25.0 Å². The van der Waals surface area contributed by atoms with Crippen LogP contribution in [0.4, 0.5) is 0 Å². The molecule has 1 saturated heterocycles. The fourth-order valence-electron chi connectivity index (χ4n) is 3.23. The number of benzene rings is 2. The normalized spacial score (nSPS) is 18.4. The predicted molar refractivity (Wildman–Crippen MR) is 124 cm³/mol. The van der Waals surface area contributed by atoms with Crippen molar-refractivity contribution in [1.29, 1.82) is 0 Å². The minimum absolute atomic E-state index is 0.166. The molecular formula is C24H27NOS2. The molecule has 0 aromatic heterocycles. The summed E-state index contributed by atoms with van der Waals surface area (Å²) in [6, 6.07) is 17.2. The van der Waals surface area contributed by atoms with E-state index in [0.717, 1.165) is 22.3 Å². The molecule has 2 aromatic rings. The van der Waals surface area contributed by atoms with E-state index in [1.165, 1.54) is 9.79 Å². The molecule has 2 aromatic carbocycles. The molecule has 146 valence electrons. The van der Waals surface area contributed by atoms with E-state index in [2.05, 4.69) is 79.8 Å². The van der Waals surface area contributed by atoms with Gasteiger partial charge in [-0.1, -0.05) is 24.3 Å². The Morgan fingerprint density at radius 1 is 0.786 bits per heavy atom. The molecule has 28 heavy (non-hydrogen) atoms. The van der Waals surface area contributed by atoms with Gasteiger partial charge in [0.05, 0.1) is 0 Å². The highest BCUT2D eigenvalue weighted by molar-refractivity contribution is 7.98. The zero-order chi connectivity index (χ0) is 20.1. The maximum absolute atomic E-state index is 13.2. The zero-order valence-corrected chi connectivity index (χ0v) is 18.6. The topological polar surface area (TPSA) is 20.3 Å². The molecule has 0 amide bonds. The summed E-state index contributed by atoms with van der Waals surface area (Å²) < 4.78 is 0. The van der Waals surface area contributed by atoms with Crippen LogP contribution in [0.3, 0.4) is 0 Å². The van der Waals surface area contributed by atoms with Gasteiger partial charge in [-0.05, 0) is 73.9 Å².